The van der Waals surface area contributed by atoms with Gasteiger partial charge in [0.05, 0.1) is 10.6 Å². The van der Waals surface area contributed by atoms with E-state index >= 15 is 0 Å². The Morgan fingerprint density at radius 2 is 1.75 bits per heavy atom. The van der Waals surface area contributed by atoms with E-state index in [1.165, 1.54) is 16.1 Å². The van der Waals surface area contributed by atoms with Crippen molar-refractivity contribution >= 4 is 27.3 Å². The van der Waals surface area contributed by atoms with Gasteiger partial charge in [-0.3, -0.25) is 9.10 Å². The van der Waals surface area contributed by atoms with Crippen LogP contribution in [0.15, 0.2) is 53.4 Å². The second-order valence-corrected chi connectivity index (χ2v) is 7.87. The van der Waals surface area contributed by atoms with Crippen molar-refractivity contribution < 1.29 is 13.2 Å². The largest absolute Gasteiger partial charge is 0.316 e. The zero-order valence-corrected chi connectivity index (χ0v) is 14.7. The lowest BCUT2D eigenvalue weighted by Crippen LogP contribution is -2.35. The smallest absolute Gasteiger partial charge is 0.264 e. The molecule has 0 N–H and O–H groups in total. The number of carbonyl (C=O) groups excluding carboxylic acids is 1. The highest BCUT2D eigenvalue weighted by Crippen LogP contribution is 2.36. The van der Waals surface area contributed by atoms with Crippen molar-refractivity contribution in [2.24, 2.45) is 0 Å². The van der Waals surface area contributed by atoms with Crippen molar-refractivity contribution in [3.63, 3.8) is 0 Å². The lowest BCUT2D eigenvalue weighted by atomic mass is 10.1. The number of sulfonamides is 1. The van der Waals surface area contributed by atoms with E-state index in [9.17, 15) is 13.2 Å². The van der Waals surface area contributed by atoms with E-state index in [1.807, 2.05) is 31.2 Å². The number of rotatable bonds is 3. The molecule has 1 aliphatic rings. The molecule has 0 aliphatic carbocycles. The predicted molar refractivity (Wildman–Crippen MR) is 94.8 cm³/mol. The fourth-order valence-corrected chi connectivity index (χ4v) is 4.73. The summed E-state index contributed by atoms with van der Waals surface area (Å²) in [4.78, 5) is 13.1. The summed E-state index contributed by atoms with van der Waals surface area (Å²) in [6, 6.07) is 13.9. The number of fused-ring (bicyclic) bond motifs is 1. The molecular weight excluding hydrogens is 324 g/mol. The third-order valence-electron chi connectivity index (χ3n) is 4.40. The Labute approximate surface area is 142 Å². The minimum absolute atomic E-state index is 0.104. The van der Waals surface area contributed by atoms with E-state index in [2.05, 4.69) is 0 Å². The topological polar surface area (TPSA) is 57.7 Å². The van der Waals surface area contributed by atoms with Gasteiger partial charge in [0.25, 0.3) is 10.0 Å². The molecule has 0 saturated carbocycles. The third-order valence-corrected chi connectivity index (χ3v) is 6.34. The van der Waals surface area contributed by atoms with Gasteiger partial charge in [0.1, 0.15) is 0 Å². The molecule has 2 aromatic carbocycles. The maximum absolute atomic E-state index is 13.1. The van der Waals surface area contributed by atoms with E-state index in [4.69, 9.17) is 0 Å². The number of hydrogen-bond donors (Lipinski definition) is 0. The van der Waals surface area contributed by atoms with Crippen LogP contribution in [0.5, 0.6) is 0 Å². The maximum atomic E-state index is 13.1. The first kappa shape index (κ1) is 16.5. The standard InChI is InChI=1S/C18H20N2O3S/c1-13-12-15-6-4-5-7-18(15)20(13)24(22,23)17-10-8-16(9-11-17)19(3)14(2)21/h4-11,13H,12H2,1-3H3. The summed E-state index contributed by atoms with van der Waals surface area (Å²) in [7, 11) is -1.98. The van der Waals surface area contributed by atoms with Crippen molar-refractivity contribution in [1.29, 1.82) is 0 Å². The molecule has 0 bridgehead atoms. The van der Waals surface area contributed by atoms with Crippen LogP contribution in [0.3, 0.4) is 0 Å². The molecule has 0 saturated heterocycles. The monoisotopic (exact) mass is 344 g/mol. The number of para-hydroxylation sites is 1. The van der Waals surface area contributed by atoms with Crippen LogP contribution in [0.25, 0.3) is 0 Å². The average molecular weight is 344 g/mol. The van der Waals surface area contributed by atoms with E-state index in [0.717, 1.165) is 11.3 Å². The number of hydrogen-bond acceptors (Lipinski definition) is 3. The first-order valence-electron chi connectivity index (χ1n) is 7.79. The minimum Gasteiger partial charge on any atom is -0.316 e. The highest BCUT2D eigenvalue weighted by Gasteiger charge is 2.35. The molecule has 0 radical (unpaired) electrons. The molecule has 1 amide bonds. The highest BCUT2D eigenvalue weighted by molar-refractivity contribution is 7.92. The summed E-state index contributed by atoms with van der Waals surface area (Å²) in [5.74, 6) is -0.104. The zero-order chi connectivity index (χ0) is 17.5. The molecular formula is C18H20N2O3S. The number of anilines is 2. The van der Waals surface area contributed by atoms with Crippen LogP contribution in [0.2, 0.25) is 0 Å². The van der Waals surface area contributed by atoms with Crippen molar-refractivity contribution in [1.82, 2.24) is 0 Å². The summed E-state index contributed by atoms with van der Waals surface area (Å²) in [6.45, 7) is 3.38. The van der Waals surface area contributed by atoms with Crippen LogP contribution in [0, 0.1) is 0 Å². The summed E-state index contributed by atoms with van der Waals surface area (Å²) >= 11 is 0. The minimum atomic E-state index is -3.63. The Morgan fingerprint density at radius 3 is 2.38 bits per heavy atom. The van der Waals surface area contributed by atoms with Crippen molar-refractivity contribution in [3.8, 4) is 0 Å². The van der Waals surface area contributed by atoms with E-state index in [0.29, 0.717) is 12.1 Å². The van der Waals surface area contributed by atoms with Crippen LogP contribution < -0.4 is 9.21 Å². The Morgan fingerprint density at radius 1 is 1.12 bits per heavy atom. The Bertz CT molecular complexity index is 875. The van der Waals surface area contributed by atoms with Crippen LogP contribution in [0.1, 0.15) is 19.4 Å². The predicted octanol–water partition coefficient (Wildman–Crippen LogP) is 2.81. The lowest BCUT2D eigenvalue weighted by Gasteiger charge is -2.25. The van der Waals surface area contributed by atoms with Crippen molar-refractivity contribution in [2.75, 3.05) is 16.3 Å². The Balaban J connectivity index is 1.98. The fraction of sp³-hybridized carbons (Fsp3) is 0.278. The van der Waals surface area contributed by atoms with Gasteiger partial charge >= 0.3 is 0 Å². The van der Waals surface area contributed by atoms with Gasteiger partial charge < -0.3 is 4.90 Å². The molecule has 6 heteroatoms. The van der Waals surface area contributed by atoms with E-state index in [-0.39, 0.29) is 16.8 Å². The highest BCUT2D eigenvalue weighted by atomic mass is 32.2. The molecule has 2 aromatic rings. The summed E-state index contributed by atoms with van der Waals surface area (Å²) in [5, 5.41) is 0. The van der Waals surface area contributed by atoms with Gasteiger partial charge in [-0.05, 0) is 49.2 Å². The molecule has 0 fully saturated rings. The molecule has 1 unspecified atom stereocenters. The molecule has 3 rings (SSSR count). The van der Waals surface area contributed by atoms with Crippen LogP contribution in [-0.2, 0) is 21.2 Å². The number of carbonyl (C=O) groups is 1. The Kier molecular flexibility index (Phi) is 4.09. The number of benzene rings is 2. The van der Waals surface area contributed by atoms with Gasteiger partial charge in [-0.15, -0.1) is 0 Å². The molecule has 1 aliphatic heterocycles. The summed E-state index contributed by atoms with van der Waals surface area (Å²) in [6.07, 6.45) is 0.709. The first-order valence-corrected chi connectivity index (χ1v) is 9.23. The SMILES string of the molecule is CC(=O)N(C)c1ccc(S(=O)(=O)N2c3ccccc3CC2C)cc1. The van der Waals surface area contributed by atoms with Gasteiger partial charge in [-0.25, -0.2) is 8.42 Å². The maximum Gasteiger partial charge on any atom is 0.264 e. The number of nitrogens with zero attached hydrogens (tertiary/aromatic N) is 2. The van der Waals surface area contributed by atoms with Gasteiger partial charge in [-0.2, -0.15) is 0 Å². The molecule has 0 spiro atoms. The fourth-order valence-electron chi connectivity index (χ4n) is 3.04. The van der Waals surface area contributed by atoms with Crippen molar-refractivity contribution in [2.45, 2.75) is 31.2 Å². The molecule has 126 valence electrons. The third kappa shape index (κ3) is 2.67. The zero-order valence-electron chi connectivity index (χ0n) is 13.9. The number of amides is 1. The van der Waals surface area contributed by atoms with E-state index < -0.39 is 10.0 Å². The second-order valence-electron chi connectivity index (χ2n) is 6.05. The first-order chi connectivity index (χ1) is 11.3. The molecule has 24 heavy (non-hydrogen) atoms. The normalized spacial score (nSPS) is 16.8. The average Bonchev–Trinajstić information content (AvgIpc) is 2.90. The van der Waals surface area contributed by atoms with Gasteiger partial charge in [0.15, 0.2) is 0 Å². The van der Waals surface area contributed by atoms with Crippen LogP contribution >= 0.6 is 0 Å². The molecule has 5 nitrogen and oxygen atoms in total. The quantitative estimate of drug-likeness (QED) is 0.860. The van der Waals surface area contributed by atoms with Crippen molar-refractivity contribution in [3.05, 3.63) is 54.1 Å². The molecule has 1 atom stereocenters. The molecule has 0 aromatic heterocycles. The summed E-state index contributed by atoms with van der Waals surface area (Å²) < 4.78 is 27.6. The Hall–Kier alpha value is -2.34. The summed E-state index contributed by atoms with van der Waals surface area (Å²) in [5.41, 5.74) is 2.45. The van der Waals surface area contributed by atoms with Gasteiger partial charge in [0, 0.05) is 25.7 Å². The second kappa shape index (κ2) is 5.94. The molecule has 1 heterocycles. The van der Waals surface area contributed by atoms with Gasteiger partial charge in [0.2, 0.25) is 5.91 Å². The van der Waals surface area contributed by atoms with Crippen LogP contribution in [-0.4, -0.2) is 27.4 Å². The lowest BCUT2D eigenvalue weighted by molar-refractivity contribution is -0.116. The van der Waals surface area contributed by atoms with E-state index in [1.54, 1.807) is 31.3 Å². The van der Waals surface area contributed by atoms with Gasteiger partial charge in [-0.1, -0.05) is 18.2 Å². The van der Waals surface area contributed by atoms with Crippen LogP contribution in [0.4, 0.5) is 11.4 Å².